The fourth-order valence-electron chi connectivity index (χ4n) is 1.83. The molecule has 0 aliphatic heterocycles. The van der Waals surface area contributed by atoms with E-state index < -0.39 is 0 Å². The van der Waals surface area contributed by atoms with E-state index in [1.165, 1.54) is 5.56 Å². The third-order valence-electron chi connectivity index (χ3n) is 2.92. The zero-order valence-corrected chi connectivity index (χ0v) is 11.1. The van der Waals surface area contributed by atoms with Gasteiger partial charge in [0.05, 0.1) is 20.3 Å². The van der Waals surface area contributed by atoms with Gasteiger partial charge in [-0.2, -0.15) is 0 Å². The van der Waals surface area contributed by atoms with Crippen LogP contribution in [0.5, 0.6) is 5.75 Å². The maximum absolute atomic E-state index is 5.67. The molecule has 2 N–H and O–H groups in total. The van der Waals surface area contributed by atoms with Gasteiger partial charge in [0.2, 0.25) is 0 Å². The highest BCUT2D eigenvalue weighted by Gasteiger charge is 1.97. The lowest BCUT2D eigenvalue weighted by molar-refractivity contribution is 0.123. The predicted molar refractivity (Wildman–Crippen MR) is 77.2 cm³/mol. The van der Waals surface area contributed by atoms with E-state index in [4.69, 9.17) is 15.2 Å². The second-order valence-corrected chi connectivity index (χ2v) is 4.40. The van der Waals surface area contributed by atoms with Crippen molar-refractivity contribution in [3.8, 4) is 5.75 Å². The SMILES string of the molecule is COc1cccc(COCCc2ccc(N)cc2)c1. The number of methoxy groups -OCH3 is 1. The molecule has 0 aliphatic carbocycles. The predicted octanol–water partition coefficient (Wildman–Crippen LogP) is 3.04. The van der Waals surface area contributed by atoms with Crippen LogP contribution in [0.15, 0.2) is 48.5 Å². The first kappa shape index (κ1) is 13.4. The molecule has 0 saturated heterocycles. The highest BCUT2D eigenvalue weighted by atomic mass is 16.5. The Morgan fingerprint density at radius 3 is 2.53 bits per heavy atom. The molecule has 2 aromatic rings. The fourth-order valence-corrected chi connectivity index (χ4v) is 1.83. The number of nitrogen functional groups attached to an aromatic ring is 1. The summed E-state index contributed by atoms with van der Waals surface area (Å²) in [6.45, 7) is 1.30. The topological polar surface area (TPSA) is 44.5 Å². The Morgan fingerprint density at radius 1 is 1.00 bits per heavy atom. The molecule has 0 radical (unpaired) electrons. The summed E-state index contributed by atoms with van der Waals surface area (Å²) in [5, 5.41) is 0. The maximum Gasteiger partial charge on any atom is 0.119 e. The number of benzene rings is 2. The molecule has 0 bridgehead atoms. The van der Waals surface area contributed by atoms with Gasteiger partial charge in [-0.3, -0.25) is 0 Å². The highest BCUT2D eigenvalue weighted by Crippen LogP contribution is 2.13. The quantitative estimate of drug-likeness (QED) is 0.639. The molecule has 0 unspecified atom stereocenters. The van der Waals surface area contributed by atoms with Crippen LogP contribution < -0.4 is 10.5 Å². The minimum absolute atomic E-state index is 0.603. The van der Waals surface area contributed by atoms with Crippen molar-refractivity contribution in [1.29, 1.82) is 0 Å². The maximum atomic E-state index is 5.67. The van der Waals surface area contributed by atoms with Crippen molar-refractivity contribution in [1.82, 2.24) is 0 Å². The minimum atomic E-state index is 0.603. The molecule has 0 aromatic heterocycles. The van der Waals surface area contributed by atoms with Crippen LogP contribution in [0.1, 0.15) is 11.1 Å². The molecule has 0 fully saturated rings. The molecule has 19 heavy (non-hydrogen) atoms. The van der Waals surface area contributed by atoms with E-state index in [9.17, 15) is 0 Å². The van der Waals surface area contributed by atoms with E-state index in [1.54, 1.807) is 7.11 Å². The molecule has 3 heteroatoms. The highest BCUT2D eigenvalue weighted by molar-refractivity contribution is 5.39. The molecule has 2 rings (SSSR count). The van der Waals surface area contributed by atoms with Crippen LogP contribution in [0.3, 0.4) is 0 Å². The monoisotopic (exact) mass is 257 g/mol. The number of ether oxygens (including phenoxy) is 2. The summed E-state index contributed by atoms with van der Waals surface area (Å²) in [4.78, 5) is 0. The normalized spacial score (nSPS) is 10.4. The van der Waals surface area contributed by atoms with Crippen molar-refractivity contribution in [3.63, 3.8) is 0 Å². The van der Waals surface area contributed by atoms with Gasteiger partial charge in [-0.1, -0.05) is 24.3 Å². The second-order valence-electron chi connectivity index (χ2n) is 4.40. The van der Waals surface area contributed by atoms with Crippen LogP contribution in [-0.4, -0.2) is 13.7 Å². The second kappa shape index (κ2) is 6.81. The van der Waals surface area contributed by atoms with Crippen LogP contribution in [-0.2, 0) is 17.8 Å². The summed E-state index contributed by atoms with van der Waals surface area (Å²) in [6.07, 6.45) is 0.893. The summed E-state index contributed by atoms with van der Waals surface area (Å²) in [5.74, 6) is 0.861. The van der Waals surface area contributed by atoms with E-state index in [-0.39, 0.29) is 0 Å². The molecule has 0 saturated carbocycles. The molecule has 0 atom stereocenters. The zero-order valence-electron chi connectivity index (χ0n) is 11.1. The lowest BCUT2D eigenvalue weighted by Crippen LogP contribution is -1.99. The summed E-state index contributed by atoms with van der Waals surface area (Å²) < 4.78 is 10.8. The number of hydrogen-bond acceptors (Lipinski definition) is 3. The lowest BCUT2D eigenvalue weighted by Gasteiger charge is -2.06. The molecule has 0 aliphatic rings. The van der Waals surface area contributed by atoms with Gasteiger partial charge in [0.15, 0.2) is 0 Å². The third kappa shape index (κ3) is 4.30. The Kier molecular flexibility index (Phi) is 4.81. The van der Waals surface area contributed by atoms with Crippen molar-refractivity contribution in [2.45, 2.75) is 13.0 Å². The smallest absolute Gasteiger partial charge is 0.119 e. The minimum Gasteiger partial charge on any atom is -0.497 e. The fraction of sp³-hybridized carbons (Fsp3) is 0.250. The van der Waals surface area contributed by atoms with E-state index in [0.29, 0.717) is 13.2 Å². The average molecular weight is 257 g/mol. The first-order chi connectivity index (χ1) is 9.28. The molecule has 3 nitrogen and oxygen atoms in total. The van der Waals surface area contributed by atoms with Crippen LogP contribution in [0.2, 0.25) is 0 Å². The summed E-state index contributed by atoms with van der Waals surface area (Å²) in [6, 6.07) is 15.8. The van der Waals surface area contributed by atoms with Crippen molar-refractivity contribution in [2.75, 3.05) is 19.5 Å². The standard InChI is InChI=1S/C16H19NO2/c1-18-16-4-2-3-14(11-16)12-19-10-9-13-5-7-15(17)8-6-13/h2-8,11H,9-10,12,17H2,1H3. The molecule has 100 valence electrons. The van der Waals surface area contributed by atoms with E-state index in [1.807, 2.05) is 48.5 Å². The average Bonchev–Trinajstić information content (AvgIpc) is 2.46. The van der Waals surface area contributed by atoms with Crippen molar-refractivity contribution in [2.24, 2.45) is 0 Å². The molecule has 0 heterocycles. The van der Waals surface area contributed by atoms with E-state index in [0.717, 1.165) is 23.4 Å². The third-order valence-corrected chi connectivity index (χ3v) is 2.92. The van der Waals surface area contributed by atoms with Crippen LogP contribution in [0.25, 0.3) is 0 Å². The van der Waals surface area contributed by atoms with Gasteiger partial charge in [0, 0.05) is 5.69 Å². The summed E-state index contributed by atoms with van der Waals surface area (Å²) >= 11 is 0. The zero-order chi connectivity index (χ0) is 13.5. The Balaban J connectivity index is 1.75. The molecule has 0 amide bonds. The first-order valence-electron chi connectivity index (χ1n) is 6.33. The van der Waals surface area contributed by atoms with Crippen LogP contribution >= 0.6 is 0 Å². The summed E-state index contributed by atoms with van der Waals surface area (Å²) in [7, 11) is 1.67. The summed E-state index contributed by atoms with van der Waals surface area (Å²) in [5.41, 5.74) is 8.79. The Morgan fingerprint density at radius 2 is 1.79 bits per heavy atom. The molecular formula is C16H19NO2. The first-order valence-corrected chi connectivity index (χ1v) is 6.33. The van der Waals surface area contributed by atoms with Gasteiger partial charge in [-0.15, -0.1) is 0 Å². The van der Waals surface area contributed by atoms with Gasteiger partial charge < -0.3 is 15.2 Å². The lowest BCUT2D eigenvalue weighted by atomic mass is 10.1. The molecular weight excluding hydrogens is 238 g/mol. The number of nitrogens with two attached hydrogens (primary N) is 1. The van der Waals surface area contributed by atoms with Crippen molar-refractivity contribution >= 4 is 5.69 Å². The van der Waals surface area contributed by atoms with Gasteiger partial charge in [0.1, 0.15) is 5.75 Å². The Labute approximate surface area is 114 Å². The van der Waals surface area contributed by atoms with Crippen LogP contribution in [0, 0.1) is 0 Å². The number of rotatable bonds is 6. The van der Waals surface area contributed by atoms with Gasteiger partial charge in [0.25, 0.3) is 0 Å². The van der Waals surface area contributed by atoms with Crippen LogP contribution in [0.4, 0.5) is 5.69 Å². The number of hydrogen-bond donors (Lipinski definition) is 1. The number of anilines is 1. The van der Waals surface area contributed by atoms with E-state index in [2.05, 4.69) is 0 Å². The Bertz CT molecular complexity index is 508. The van der Waals surface area contributed by atoms with Crippen molar-refractivity contribution < 1.29 is 9.47 Å². The van der Waals surface area contributed by atoms with Gasteiger partial charge in [-0.05, 0) is 41.8 Å². The molecule has 0 spiro atoms. The Hall–Kier alpha value is -2.00. The van der Waals surface area contributed by atoms with Gasteiger partial charge in [-0.25, -0.2) is 0 Å². The van der Waals surface area contributed by atoms with Gasteiger partial charge >= 0.3 is 0 Å². The molecule has 2 aromatic carbocycles. The van der Waals surface area contributed by atoms with E-state index >= 15 is 0 Å². The van der Waals surface area contributed by atoms with Crippen molar-refractivity contribution in [3.05, 3.63) is 59.7 Å². The largest absolute Gasteiger partial charge is 0.497 e.